The van der Waals surface area contributed by atoms with Crippen LogP contribution in [0.1, 0.15) is 38.4 Å². The largest absolute Gasteiger partial charge is 0.473 e. The first-order chi connectivity index (χ1) is 14.1. The summed E-state index contributed by atoms with van der Waals surface area (Å²) in [4.78, 5) is 18.5. The number of hydrogen-bond donors (Lipinski definition) is 0. The Hall–Kier alpha value is -2.24. The summed E-state index contributed by atoms with van der Waals surface area (Å²) >= 11 is 12.1. The fourth-order valence-electron chi connectivity index (χ4n) is 3.72. The topological polar surface area (TPSA) is 51.7 Å². The molecule has 0 N–H and O–H groups in total. The summed E-state index contributed by atoms with van der Waals surface area (Å²) in [5.41, 5.74) is 2.51. The normalized spacial score (nSPS) is 17.1. The lowest BCUT2D eigenvalue weighted by molar-refractivity contribution is -0.0208. The predicted molar refractivity (Wildman–Crippen MR) is 118 cm³/mol. The second-order valence-corrected chi connectivity index (χ2v) is 9.77. The Morgan fingerprint density at radius 2 is 1.93 bits per heavy atom. The average Bonchev–Trinajstić information content (AvgIpc) is 2.57. The molecular formula is C23H24Cl2N2O3. The lowest BCUT2D eigenvalue weighted by atomic mass is 9.65. The fraction of sp³-hybridized carbons (Fsp3) is 0.391. The van der Waals surface area contributed by atoms with Gasteiger partial charge in [0.15, 0.2) is 0 Å². The number of hydrogen-bond acceptors (Lipinski definition) is 4. The molecule has 0 saturated carbocycles. The van der Waals surface area contributed by atoms with Crippen LogP contribution in [0.25, 0.3) is 5.57 Å². The van der Waals surface area contributed by atoms with Crippen LogP contribution in [0.15, 0.2) is 42.5 Å². The van der Waals surface area contributed by atoms with Crippen molar-refractivity contribution in [3.63, 3.8) is 0 Å². The standard InChI is InChI=1S/C23H24Cl2N2O3/c1-22(2,3)30-21(28)27-13-23(14-27)10-16(11-23)19-5-4-6-20(26-19)29-12-15-7-8-17(24)9-18(15)25/h4-10H,11-14H2,1-3H3. The van der Waals surface area contributed by atoms with Crippen molar-refractivity contribution >= 4 is 34.9 Å². The Morgan fingerprint density at radius 1 is 1.20 bits per heavy atom. The number of likely N-dealkylation sites (tertiary alicyclic amines) is 1. The van der Waals surface area contributed by atoms with Gasteiger partial charge < -0.3 is 14.4 Å². The number of carbonyl (C=O) groups is 1. The summed E-state index contributed by atoms with van der Waals surface area (Å²) in [6.07, 6.45) is 2.87. The molecular weight excluding hydrogens is 423 g/mol. The van der Waals surface area contributed by atoms with E-state index in [-0.39, 0.29) is 11.5 Å². The van der Waals surface area contributed by atoms with Gasteiger partial charge >= 0.3 is 6.09 Å². The van der Waals surface area contributed by atoms with Gasteiger partial charge in [-0.15, -0.1) is 0 Å². The monoisotopic (exact) mass is 446 g/mol. The zero-order valence-electron chi connectivity index (χ0n) is 17.2. The molecule has 1 saturated heterocycles. The first kappa shape index (κ1) is 21.0. The number of nitrogens with zero attached hydrogens (tertiary/aromatic N) is 2. The first-order valence-corrected chi connectivity index (χ1v) is 10.6. The molecule has 5 nitrogen and oxygen atoms in total. The van der Waals surface area contributed by atoms with Gasteiger partial charge in [-0.1, -0.05) is 41.4 Å². The minimum Gasteiger partial charge on any atom is -0.473 e. The van der Waals surface area contributed by atoms with Crippen molar-refractivity contribution in [2.45, 2.75) is 39.4 Å². The van der Waals surface area contributed by atoms with Crippen molar-refractivity contribution < 1.29 is 14.3 Å². The maximum Gasteiger partial charge on any atom is 0.410 e. The number of halogens is 2. The molecule has 0 unspecified atom stereocenters. The number of ether oxygens (including phenoxy) is 2. The average molecular weight is 447 g/mol. The first-order valence-electron chi connectivity index (χ1n) is 9.86. The van der Waals surface area contributed by atoms with Crippen molar-refractivity contribution in [2.75, 3.05) is 13.1 Å². The van der Waals surface area contributed by atoms with Gasteiger partial charge in [0.1, 0.15) is 12.2 Å². The zero-order chi connectivity index (χ0) is 21.5. The molecule has 1 spiro atoms. The third-order valence-corrected chi connectivity index (χ3v) is 5.72. The molecule has 1 aliphatic heterocycles. The van der Waals surface area contributed by atoms with E-state index in [0.717, 1.165) is 17.7 Å². The van der Waals surface area contributed by atoms with Crippen molar-refractivity contribution in [3.8, 4) is 5.88 Å². The number of benzene rings is 1. The van der Waals surface area contributed by atoms with Gasteiger partial charge in [0.25, 0.3) is 0 Å². The smallest absolute Gasteiger partial charge is 0.410 e. The van der Waals surface area contributed by atoms with Crippen LogP contribution >= 0.6 is 23.2 Å². The van der Waals surface area contributed by atoms with Gasteiger partial charge in [0.05, 0.1) is 5.69 Å². The molecule has 1 aliphatic carbocycles. The van der Waals surface area contributed by atoms with E-state index < -0.39 is 5.60 Å². The van der Waals surface area contributed by atoms with Crippen LogP contribution in [0.5, 0.6) is 5.88 Å². The fourth-order valence-corrected chi connectivity index (χ4v) is 4.18. The Morgan fingerprint density at radius 3 is 2.60 bits per heavy atom. The molecule has 2 heterocycles. The number of pyridine rings is 1. The van der Waals surface area contributed by atoms with Crippen LogP contribution in [0.3, 0.4) is 0 Å². The van der Waals surface area contributed by atoms with E-state index >= 15 is 0 Å². The Balaban J connectivity index is 1.35. The second kappa shape index (κ2) is 7.78. The Labute approximate surface area is 186 Å². The summed E-state index contributed by atoms with van der Waals surface area (Å²) in [6.45, 7) is 7.34. The molecule has 1 aromatic heterocycles. The summed E-state index contributed by atoms with van der Waals surface area (Å²) in [5.74, 6) is 0.546. The predicted octanol–water partition coefficient (Wildman–Crippen LogP) is 5.99. The highest BCUT2D eigenvalue weighted by Crippen LogP contribution is 2.50. The third-order valence-electron chi connectivity index (χ3n) is 5.13. The third kappa shape index (κ3) is 4.57. The number of aromatic nitrogens is 1. The van der Waals surface area contributed by atoms with Crippen molar-refractivity contribution in [2.24, 2.45) is 5.41 Å². The van der Waals surface area contributed by atoms with Gasteiger partial charge in [-0.3, -0.25) is 0 Å². The summed E-state index contributed by atoms with van der Waals surface area (Å²) < 4.78 is 11.3. The van der Waals surface area contributed by atoms with E-state index in [4.69, 9.17) is 32.7 Å². The molecule has 0 radical (unpaired) electrons. The Bertz CT molecular complexity index is 1010. The van der Waals surface area contributed by atoms with Crippen molar-refractivity contribution in [1.82, 2.24) is 9.88 Å². The number of amides is 1. The molecule has 1 fully saturated rings. The van der Waals surface area contributed by atoms with E-state index in [1.807, 2.05) is 45.0 Å². The van der Waals surface area contributed by atoms with Crippen molar-refractivity contribution in [3.05, 3.63) is 63.8 Å². The number of rotatable bonds is 4. The molecule has 0 atom stereocenters. The van der Waals surface area contributed by atoms with Crippen LogP contribution < -0.4 is 4.74 Å². The summed E-state index contributed by atoms with van der Waals surface area (Å²) in [6, 6.07) is 11.1. The SMILES string of the molecule is CC(C)(C)OC(=O)N1CC2(C=C(c3cccc(OCc4ccc(Cl)cc4Cl)n3)C2)C1. The molecule has 7 heteroatoms. The molecule has 2 aromatic rings. The maximum absolute atomic E-state index is 12.1. The van der Waals surface area contributed by atoms with Gasteiger partial charge in [0, 0.05) is 40.2 Å². The zero-order valence-corrected chi connectivity index (χ0v) is 18.8. The van der Waals surface area contributed by atoms with Crippen LogP contribution in [0.2, 0.25) is 10.0 Å². The minimum absolute atomic E-state index is 0.0572. The van der Waals surface area contributed by atoms with Gasteiger partial charge in [0.2, 0.25) is 5.88 Å². The molecule has 1 aromatic carbocycles. The highest BCUT2D eigenvalue weighted by molar-refractivity contribution is 6.35. The van der Waals surface area contributed by atoms with Gasteiger partial charge in [-0.25, -0.2) is 9.78 Å². The van der Waals surface area contributed by atoms with Crippen LogP contribution in [-0.2, 0) is 11.3 Å². The number of carbonyl (C=O) groups excluding carboxylic acids is 1. The number of allylic oxidation sites excluding steroid dienone is 1. The molecule has 2 aliphatic rings. The molecule has 1 amide bonds. The Kier molecular flexibility index (Phi) is 5.45. The van der Waals surface area contributed by atoms with E-state index in [1.54, 1.807) is 17.0 Å². The van der Waals surface area contributed by atoms with Crippen LogP contribution in [-0.4, -0.2) is 34.7 Å². The van der Waals surface area contributed by atoms with Gasteiger partial charge in [-0.2, -0.15) is 0 Å². The highest BCUT2D eigenvalue weighted by atomic mass is 35.5. The lowest BCUT2D eigenvalue weighted by Gasteiger charge is -2.53. The van der Waals surface area contributed by atoms with Gasteiger partial charge in [-0.05, 0) is 51.0 Å². The van der Waals surface area contributed by atoms with E-state index in [0.29, 0.717) is 35.6 Å². The molecule has 0 bridgehead atoms. The van der Waals surface area contributed by atoms with E-state index in [1.165, 1.54) is 5.57 Å². The van der Waals surface area contributed by atoms with Crippen LogP contribution in [0.4, 0.5) is 4.79 Å². The maximum atomic E-state index is 12.1. The quantitative estimate of drug-likeness (QED) is 0.578. The molecule has 30 heavy (non-hydrogen) atoms. The second-order valence-electron chi connectivity index (χ2n) is 8.93. The van der Waals surface area contributed by atoms with E-state index in [9.17, 15) is 4.79 Å². The van der Waals surface area contributed by atoms with E-state index in [2.05, 4.69) is 11.1 Å². The summed E-state index contributed by atoms with van der Waals surface area (Å²) in [7, 11) is 0. The van der Waals surface area contributed by atoms with Crippen LogP contribution in [0, 0.1) is 5.41 Å². The summed E-state index contributed by atoms with van der Waals surface area (Å²) in [5, 5.41) is 1.16. The lowest BCUT2D eigenvalue weighted by Crippen LogP contribution is -2.60. The molecule has 4 rings (SSSR count). The van der Waals surface area contributed by atoms with Crippen molar-refractivity contribution in [1.29, 1.82) is 0 Å². The minimum atomic E-state index is -0.471. The molecule has 158 valence electrons. The highest BCUT2D eigenvalue weighted by Gasteiger charge is 2.50.